The van der Waals surface area contributed by atoms with E-state index in [2.05, 4.69) is 22.6 Å². The fourth-order valence-electron chi connectivity index (χ4n) is 5.55. The molecule has 0 radical (unpaired) electrons. The topological polar surface area (TPSA) is 116 Å². The Morgan fingerprint density at radius 3 is 2.77 bits per heavy atom. The molecule has 0 bridgehead atoms. The van der Waals surface area contributed by atoms with E-state index in [0.717, 1.165) is 30.2 Å². The van der Waals surface area contributed by atoms with Gasteiger partial charge >= 0.3 is 0 Å². The number of ether oxygens (including phenoxy) is 3. The molecule has 3 heterocycles. The van der Waals surface area contributed by atoms with Gasteiger partial charge in [-0.1, -0.05) is 30.0 Å². The second-order valence-electron chi connectivity index (χ2n) is 10.7. The Hall–Kier alpha value is -2.45. The van der Waals surface area contributed by atoms with Gasteiger partial charge in [0.1, 0.15) is 12.2 Å². The number of nitrogens with one attached hydrogen (secondary N) is 1. The first-order chi connectivity index (χ1) is 18.8. The zero-order valence-corrected chi connectivity index (χ0v) is 22.8. The smallest absolute Gasteiger partial charge is 0.191 e. The highest BCUT2D eigenvalue weighted by atomic mass is 32.2. The van der Waals surface area contributed by atoms with Crippen molar-refractivity contribution in [1.29, 1.82) is 0 Å². The molecule has 0 amide bonds. The fraction of sp³-hybridized carbons (Fsp3) is 0.615. The van der Waals surface area contributed by atoms with Gasteiger partial charge in [-0.05, 0) is 44.4 Å². The predicted molar refractivity (Wildman–Crippen MR) is 140 cm³/mol. The molecule has 3 aromatic rings. The number of aliphatic hydroxyl groups excluding tert-OH is 1. The summed E-state index contributed by atoms with van der Waals surface area (Å²) in [5.41, 5.74) is 1.85. The number of fused-ring (bicyclic) bond motifs is 2. The number of hydrogen-bond acceptors (Lipinski definition) is 10. The summed E-state index contributed by atoms with van der Waals surface area (Å²) in [5, 5.41) is 22.3. The number of aliphatic hydroxyl groups is 1. The van der Waals surface area contributed by atoms with Gasteiger partial charge in [-0.15, -0.1) is 5.10 Å². The lowest BCUT2D eigenvalue weighted by atomic mass is 10.1. The van der Waals surface area contributed by atoms with Crippen LogP contribution in [0.1, 0.15) is 57.6 Å². The molecule has 1 aliphatic heterocycles. The standard InChI is InChI=1S/C26H32F2N6O4S/c1-4-9-39-25-30-23(29-17-11-14(17)13-5-6-15(27)16(28)10-13)20-24(31-25)34(33-32-20)18-12-19(36-8-7-35)22-21(18)37-26(2,3)38-22/h5-6,10,14,17-19,21-22,35H,4,7-9,11-12H2,1-3H3,(H,29,30,31)/t14-,17?,18?,19-,21?,22?/m0/s1. The second-order valence-corrected chi connectivity index (χ2v) is 11.7. The third kappa shape index (κ3) is 5.22. The van der Waals surface area contributed by atoms with Crippen LogP contribution in [0.5, 0.6) is 0 Å². The summed E-state index contributed by atoms with van der Waals surface area (Å²) in [6.07, 6.45) is 1.38. The largest absolute Gasteiger partial charge is 0.394 e. The van der Waals surface area contributed by atoms with Gasteiger partial charge in [0.05, 0.1) is 25.4 Å². The summed E-state index contributed by atoms with van der Waals surface area (Å²) in [6.45, 7) is 5.96. The zero-order valence-electron chi connectivity index (χ0n) is 22.0. The molecular weight excluding hydrogens is 530 g/mol. The van der Waals surface area contributed by atoms with Crippen molar-refractivity contribution in [1.82, 2.24) is 25.0 Å². The van der Waals surface area contributed by atoms with Crippen molar-refractivity contribution in [2.45, 2.75) is 87.3 Å². The van der Waals surface area contributed by atoms with Gasteiger partial charge < -0.3 is 24.6 Å². The predicted octanol–water partition coefficient (Wildman–Crippen LogP) is 3.81. The number of aromatic nitrogens is 5. The maximum Gasteiger partial charge on any atom is 0.191 e. The Bertz CT molecular complexity index is 1360. The van der Waals surface area contributed by atoms with Gasteiger partial charge in [-0.3, -0.25) is 0 Å². The van der Waals surface area contributed by atoms with Crippen LogP contribution in [-0.4, -0.2) is 79.2 Å². The molecule has 6 rings (SSSR count). The zero-order chi connectivity index (χ0) is 27.3. The average Bonchev–Trinajstić information content (AvgIpc) is 3.24. The highest BCUT2D eigenvalue weighted by Gasteiger charge is 2.56. The molecule has 210 valence electrons. The molecule has 13 heteroatoms. The molecule has 6 atom stereocenters. The van der Waals surface area contributed by atoms with Gasteiger partial charge in [-0.25, -0.2) is 23.4 Å². The molecule has 4 unspecified atom stereocenters. The lowest BCUT2D eigenvalue weighted by molar-refractivity contribution is -0.171. The lowest BCUT2D eigenvalue weighted by Crippen LogP contribution is -2.31. The number of hydrogen-bond donors (Lipinski definition) is 2. The van der Waals surface area contributed by atoms with Crippen LogP contribution in [0.3, 0.4) is 0 Å². The van der Waals surface area contributed by atoms with E-state index in [1.807, 2.05) is 13.8 Å². The lowest BCUT2D eigenvalue weighted by Gasteiger charge is -2.23. The summed E-state index contributed by atoms with van der Waals surface area (Å²) < 4.78 is 47.4. The molecule has 2 aliphatic carbocycles. The minimum absolute atomic E-state index is 0.00150. The van der Waals surface area contributed by atoms with Crippen molar-refractivity contribution in [2.75, 3.05) is 24.3 Å². The maximum atomic E-state index is 13.8. The molecule has 2 saturated carbocycles. The average molecular weight is 563 g/mol. The number of anilines is 1. The van der Waals surface area contributed by atoms with Crippen molar-refractivity contribution >= 4 is 28.7 Å². The Balaban J connectivity index is 1.31. The summed E-state index contributed by atoms with van der Waals surface area (Å²) in [4.78, 5) is 9.57. The Labute approximate surface area is 228 Å². The number of thioether (sulfide) groups is 1. The minimum Gasteiger partial charge on any atom is -0.394 e. The van der Waals surface area contributed by atoms with E-state index in [0.29, 0.717) is 28.6 Å². The maximum absolute atomic E-state index is 13.8. The molecule has 2 aromatic heterocycles. The fourth-order valence-corrected chi connectivity index (χ4v) is 6.24. The van der Waals surface area contributed by atoms with Gasteiger partial charge in [0.25, 0.3) is 0 Å². The van der Waals surface area contributed by atoms with Crippen molar-refractivity contribution in [3.05, 3.63) is 35.4 Å². The summed E-state index contributed by atoms with van der Waals surface area (Å²) >= 11 is 1.55. The van der Waals surface area contributed by atoms with Crippen LogP contribution in [0.4, 0.5) is 14.6 Å². The third-order valence-corrected chi connectivity index (χ3v) is 8.40. The molecular formula is C26H32F2N6O4S. The van der Waals surface area contributed by atoms with Crippen LogP contribution < -0.4 is 5.32 Å². The van der Waals surface area contributed by atoms with E-state index in [9.17, 15) is 13.9 Å². The quantitative estimate of drug-likeness (QED) is 0.279. The van der Waals surface area contributed by atoms with E-state index in [4.69, 9.17) is 24.2 Å². The van der Waals surface area contributed by atoms with Crippen molar-refractivity contribution in [2.24, 2.45) is 0 Å². The highest BCUT2D eigenvalue weighted by molar-refractivity contribution is 7.99. The van der Waals surface area contributed by atoms with Crippen LogP contribution in [0, 0.1) is 11.6 Å². The molecule has 1 saturated heterocycles. The van der Waals surface area contributed by atoms with Gasteiger partial charge in [0.2, 0.25) is 0 Å². The van der Waals surface area contributed by atoms with E-state index in [1.54, 1.807) is 22.5 Å². The molecule has 2 N–H and O–H groups in total. The van der Waals surface area contributed by atoms with Crippen molar-refractivity contribution in [3.63, 3.8) is 0 Å². The van der Waals surface area contributed by atoms with Crippen molar-refractivity contribution in [3.8, 4) is 0 Å². The highest BCUT2D eigenvalue weighted by Crippen LogP contribution is 2.46. The summed E-state index contributed by atoms with van der Waals surface area (Å²) in [6, 6.07) is 3.80. The Morgan fingerprint density at radius 1 is 1.18 bits per heavy atom. The van der Waals surface area contributed by atoms with Crippen LogP contribution in [0.15, 0.2) is 23.4 Å². The van der Waals surface area contributed by atoms with Crippen molar-refractivity contribution < 1.29 is 28.1 Å². The first kappa shape index (κ1) is 26.8. The molecule has 0 spiro atoms. The normalized spacial score (nSPS) is 29.2. The molecule has 3 aliphatic rings. The van der Waals surface area contributed by atoms with Gasteiger partial charge in [0, 0.05) is 24.1 Å². The number of halogens is 2. The molecule has 1 aromatic carbocycles. The molecule has 10 nitrogen and oxygen atoms in total. The van der Waals surface area contributed by atoms with Crippen LogP contribution in [0.2, 0.25) is 0 Å². The minimum atomic E-state index is -0.853. The first-order valence-electron chi connectivity index (χ1n) is 13.3. The third-order valence-electron chi connectivity index (χ3n) is 7.34. The van der Waals surface area contributed by atoms with Crippen LogP contribution in [-0.2, 0) is 14.2 Å². The SMILES string of the molecule is CCCSc1nc(NC2C[C@H]2c2ccc(F)c(F)c2)c2nnn(C3C[C@H](OCCO)C4OC(C)(C)OC43)c2n1. The van der Waals surface area contributed by atoms with E-state index >= 15 is 0 Å². The summed E-state index contributed by atoms with van der Waals surface area (Å²) in [5.74, 6) is -1.03. The molecule has 3 fully saturated rings. The van der Waals surface area contributed by atoms with E-state index < -0.39 is 17.4 Å². The summed E-state index contributed by atoms with van der Waals surface area (Å²) in [7, 11) is 0. The number of benzene rings is 1. The molecule has 39 heavy (non-hydrogen) atoms. The van der Waals surface area contributed by atoms with E-state index in [1.165, 1.54) is 6.07 Å². The first-order valence-corrected chi connectivity index (χ1v) is 14.3. The monoisotopic (exact) mass is 562 g/mol. The second kappa shape index (κ2) is 10.5. The number of rotatable bonds is 10. The van der Waals surface area contributed by atoms with Gasteiger partial charge in [-0.2, -0.15) is 0 Å². The Kier molecular flexibility index (Phi) is 7.21. The van der Waals surface area contributed by atoms with Gasteiger partial charge in [0.15, 0.2) is 39.6 Å². The van der Waals surface area contributed by atoms with Crippen LogP contribution in [0.25, 0.3) is 11.2 Å². The number of nitrogens with zero attached hydrogens (tertiary/aromatic N) is 5. The Morgan fingerprint density at radius 2 is 2.00 bits per heavy atom. The van der Waals surface area contributed by atoms with Crippen LogP contribution >= 0.6 is 11.8 Å². The van der Waals surface area contributed by atoms with E-state index in [-0.39, 0.29) is 49.5 Å².